The minimum Gasteiger partial charge on any atom is -0.483 e. The number of rotatable bonds is 8. The molecule has 0 spiro atoms. The Kier molecular flexibility index (Phi) is 7.84. The van der Waals surface area contributed by atoms with Gasteiger partial charge in [0, 0.05) is 22.3 Å². The highest BCUT2D eigenvalue weighted by atomic mass is 79.9. The van der Waals surface area contributed by atoms with Crippen LogP contribution >= 0.6 is 15.9 Å². The van der Waals surface area contributed by atoms with Crippen molar-refractivity contribution in [3.8, 4) is 5.75 Å². The topological polar surface area (TPSA) is 67.4 Å². The molecule has 6 heteroatoms. The van der Waals surface area contributed by atoms with Crippen LogP contribution in [-0.2, 0) is 16.0 Å². The van der Waals surface area contributed by atoms with Gasteiger partial charge in [-0.05, 0) is 67.3 Å². The number of carbonyl (C=O) groups excluding carboxylic acids is 2. The van der Waals surface area contributed by atoms with E-state index in [1.807, 2.05) is 56.3 Å². The molecule has 0 aliphatic heterocycles. The molecule has 0 aromatic heterocycles. The van der Waals surface area contributed by atoms with Crippen LogP contribution in [0.5, 0.6) is 5.75 Å². The van der Waals surface area contributed by atoms with Crippen LogP contribution in [0.1, 0.15) is 23.1 Å². The number of hydrogen-bond donors (Lipinski definition) is 2. The molecule has 0 radical (unpaired) electrons. The normalized spacial score (nSPS) is 10.4. The minimum absolute atomic E-state index is 0.0724. The number of carbonyl (C=O) groups is 2. The molecule has 31 heavy (non-hydrogen) atoms. The third kappa shape index (κ3) is 6.96. The van der Waals surface area contributed by atoms with E-state index in [1.165, 1.54) is 0 Å². The Labute approximate surface area is 191 Å². The van der Waals surface area contributed by atoms with Crippen molar-refractivity contribution in [2.45, 2.75) is 26.7 Å². The van der Waals surface area contributed by atoms with Gasteiger partial charge in [-0.25, -0.2) is 0 Å². The van der Waals surface area contributed by atoms with Crippen molar-refractivity contribution in [3.63, 3.8) is 0 Å². The second-order valence-electron chi connectivity index (χ2n) is 7.32. The molecule has 0 bridgehead atoms. The van der Waals surface area contributed by atoms with Crippen LogP contribution in [0.2, 0.25) is 0 Å². The molecule has 0 saturated carbocycles. The Hall–Kier alpha value is -3.12. The van der Waals surface area contributed by atoms with Gasteiger partial charge in [0.2, 0.25) is 5.91 Å². The van der Waals surface area contributed by atoms with Gasteiger partial charge in [-0.2, -0.15) is 0 Å². The van der Waals surface area contributed by atoms with E-state index in [2.05, 4.69) is 26.6 Å². The van der Waals surface area contributed by atoms with E-state index in [0.717, 1.165) is 21.2 Å². The molecule has 0 aliphatic rings. The Morgan fingerprint density at radius 3 is 2.10 bits per heavy atom. The zero-order valence-corrected chi connectivity index (χ0v) is 19.2. The van der Waals surface area contributed by atoms with E-state index < -0.39 is 0 Å². The molecular formula is C25H25BrN2O3. The van der Waals surface area contributed by atoms with Crippen LogP contribution < -0.4 is 15.4 Å². The molecule has 0 heterocycles. The first kappa shape index (κ1) is 22.6. The fourth-order valence-corrected chi connectivity index (χ4v) is 3.95. The van der Waals surface area contributed by atoms with Crippen LogP contribution in [-0.4, -0.2) is 18.4 Å². The molecule has 5 nitrogen and oxygen atoms in total. The van der Waals surface area contributed by atoms with Gasteiger partial charge in [0.05, 0.1) is 0 Å². The Morgan fingerprint density at radius 2 is 1.45 bits per heavy atom. The lowest BCUT2D eigenvalue weighted by atomic mass is 10.1. The van der Waals surface area contributed by atoms with Gasteiger partial charge in [0.15, 0.2) is 6.61 Å². The molecule has 0 saturated heterocycles. The average molecular weight is 481 g/mol. The van der Waals surface area contributed by atoms with E-state index in [1.54, 1.807) is 24.3 Å². The minimum atomic E-state index is -0.269. The highest BCUT2D eigenvalue weighted by Gasteiger charge is 2.10. The van der Waals surface area contributed by atoms with Gasteiger partial charge in [0.1, 0.15) is 5.75 Å². The standard InChI is InChI=1S/C25H25BrN2O3/c1-17-13-20(26)14-18(2)25(17)31-16-24(30)28-22-10-6-9-21(15-22)27-23(29)12-11-19-7-4-3-5-8-19/h3-10,13-15H,11-12,16H2,1-2H3,(H,27,29)(H,28,30). The highest BCUT2D eigenvalue weighted by Crippen LogP contribution is 2.27. The smallest absolute Gasteiger partial charge is 0.262 e. The lowest BCUT2D eigenvalue weighted by Gasteiger charge is -2.13. The average Bonchev–Trinajstić information content (AvgIpc) is 2.72. The number of benzene rings is 3. The highest BCUT2D eigenvalue weighted by molar-refractivity contribution is 9.10. The van der Waals surface area contributed by atoms with Crippen molar-refractivity contribution in [3.05, 3.63) is 87.9 Å². The van der Waals surface area contributed by atoms with Gasteiger partial charge in [-0.15, -0.1) is 0 Å². The summed E-state index contributed by atoms with van der Waals surface area (Å²) in [7, 11) is 0. The predicted octanol–water partition coefficient (Wildman–Crippen LogP) is 5.65. The molecule has 2 N–H and O–H groups in total. The van der Waals surface area contributed by atoms with E-state index in [9.17, 15) is 9.59 Å². The first-order valence-electron chi connectivity index (χ1n) is 10.0. The summed E-state index contributed by atoms with van der Waals surface area (Å²) in [4.78, 5) is 24.6. The second kappa shape index (κ2) is 10.8. The zero-order chi connectivity index (χ0) is 22.2. The number of amides is 2. The molecule has 3 aromatic rings. The van der Waals surface area contributed by atoms with Crippen LogP contribution in [0.15, 0.2) is 71.2 Å². The first-order valence-corrected chi connectivity index (χ1v) is 10.8. The lowest BCUT2D eigenvalue weighted by molar-refractivity contribution is -0.118. The Balaban J connectivity index is 1.51. The molecule has 0 atom stereocenters. The van der Waals surface area contributed by atoms with Gasteiger partial charge < -0.3 is 15.4 Å². The first-order chi connectivity index (χ1) is 14.9. The van der Waals surface area contributed by atoms with Crippen molar-refractivity contribution in [1.29, 1.82) is 0 Å². The summed E-state index contributed by atoms with van der Waals surface area (Å²) < 4.78 is 6.70. The largest absolute Gasteiger partial charge is 0.483 e. The molecule has 0 aliphatic carbocycles. The van der Waals surface area contributed by atoms with Gasteiger partial charge in [0.25, 0.3) is 5.91 Å². The van der Waals surface area contributed by atoms with Gasteiger partial charge >= 0.3 is 0 Å². The summed E-state index contributed by atoms with van der Waals surface area (Å²) in [6, 6.07) is 20.9. The van der Waals surface area contributed by atoms with Crippen molar-refractivity contribution < 1.29 is 14.3 Å². The maximum Gasteiger partial charge on any atom is 0.262 e. The summed E-state index contributed by atoms with van der Waals surface area (Å²) >= 11 is 3.45. The van der Waals surface area contributed by atoms with Crippen molar-refractivity contribution in [1.82, 2.24) is 0 Å². The second-order valence-corrected chi connectivity index (χ2v) is 8.24. The van der Waals surface area contributed by atoms with E-state index in [4.69, 9.17) is 4.74 Å². The van der Waals surface area contributed by atoms with E-state index in [0.29, 0.717) is 30.0 Å². The Bertz CT molecular complexity index is 1040. The number of halogens is 1. The third-order valence-electron chi connectivity index (χ3n) is 4.69. The van der Waals surface area contributed by atoms with Crippen molar-refractivity contribution >= 4 is 39.1 Å². The fourth-order valence-electron chi connectivity index (χ4n) is 3.26. The van der Waals surface area contributed by atoms with Crippen molar-refractivity contribution in [2.75, 3.05) is 17.2 Å². The third-order valence-corrected chi connectivity index (χ3v) is 5.14. The SMILES string of the molecule is Cc1cc(Br)cc(C)c1OCC(=O)Nc1cccc(NC(=O)CCc2ccccc2)c1. The molecule has 0 unspecified atom stereocenters. The fraction of sp³-hybridized carbons (Fsp3) is 0.200. The summed E-state index contributed by atoms with van der Waals surface area (Å²) in [5.74, 6) is 0.365. The van der Waals surface area contributed by atoms with Crippen LogP contribution in [0.25, 0.3) is 0 Å². The quantitative estimate of drug-likeness (QED) is 0.437. The van der Waals surface area contributed by atoms with Crippen molar-refractivity contribution in [2.24, 2.45) is 0 Å². The number of hydrogen-bond acceptors (Lipinski definition) is 3. The maximum atomic E-state index is 12.3. The van der Waals surface area contributed by atoms with E-state index in [-0.39, 0.29) is 18.4 Å². The summed E-state index contributed by atoms with van der Waals surface area (Å²) in [6.07, 6.45) is 1.07. The van der Waals surface area contributed by atoms with Crippen LogP contribution in [0.3, 0.4) is 0 Å². The summed E-state index contributed by atoms with van der Waals surface area (Å²) in [5, 5.41) is 5.69. The summed E-state index contributed by atoms with van der Waals surface area (Å²) in [5.41, 5.74) is 4.27. The molecule has 3 rings (SSSR count). The molecule has 3 aromatic carbocycles. The molecule has 0 fully saturated rings. The predicted molar refractivity (Wildman–Crippen MR) is 128 cm³/mol. The monoisotopic (exact) mass is 480 g/mol. The number of ether oxygens (including phenoxy) is 1. The zero-order valence-electron chi connectivity index (χ0n) is 17.6. The Morgan fingerprint density at radius 1 is 0.839 bits per heavy atom. The number of nitrogens with one attached hydrogen (secondary N) is 2. The molecular weight excluding hydrogens is 456 g/mol. The van der Waals surface area contributed by atoms with E-state index >= 15 is 0 Å². The van der Waals surface area contributed by atoms with Crippen LogP contribution in [0.4, 0.5) is 11.4 Å². The lowest BCUT2D eigenvalue weighted by Crippen LogP contribution is -2.21. The molecule has 2 amide bonds. The maximum absolute atomic E-state index is 12.3. The van der Waals surface area contributed by atoms with Gasteiger partial charge in [-0.1, -0.05) is 52.3 Å². The van der Waals surface area contributed by atoms with Crippen LogP contribution in [0, 0.1) is 13.8 Å². The number of aryl methyl sites for hydroxylation is 3. The number of anilines is 2. The van der Waals surface area contributed by atoms with Gasteiger partial charge in [-0.3, -0.25) is 9.59 Å². The molecule has 160 valence electrons. The summed E-state index contributed by atoms with van der Waals surface area (Å²) in [6.45, 7) is 3.78.